The lowest BCUT2D eigenvalue weighted by Gasteiger charge is -2.31. The first-order chi connectivity index (χ1) is 30.4. The molecule has 0 saturated heterocycles. The number of benzene rings is 9. The molecule has 0 saturated carbocycles. The lowest BCUT2D eigenvalue weighted by atomic mass is 9.70. The monoisotopic (exact) mass is 790 g/mol. The van der Waals surface area contributed by atoms with Crippen LogP contribution in [0.15, 0.2) is 194 Å². The summed E-state index contributed by atoms with van der Waals surface area (Å²) in [5, 5.41) is 0. The molecule has 0 fully saturated rings. The molecule has 0 atom stereocenters. The predicted molar refractivity (Wildman–Crippen MR) is 248 cm³/mol. The van der Waals surface area contributed by atoms with Crippen molar-refractivity contribution in [2.45, 2.75) is 24.7 Å². The normalized spacial score (nSPS) is 14.4. The first-order valence-electron chi connectivity index (χ1n) is 21.5. The molecule has 9 aromatic rings. The Morgan fingerprint density at radius 1 is 0.274 bits per heavy atom. The van der Waals surface area contributed by atoms with E-state index < -0.39 is 10.8 Å². The molecule has 0 amide bonds. The first-order valence-corrected chi connectivity index (χ1v) is 21.5. The van der Waals surface area contributed by atoms with Gasteiger partial charge < -0.3 is 0 Å². The molecular weight excluding hydrogens is 753 g/mol. The molecule has 0 heterocycles. The number of hydrogen-bond acceptors (Lipinski definition) is 2. The van der Waals surface area contributed by atoms with Crippen molar-refractivity contribution in [1.29, 1.82) is 0 Å². The zero-order valence-electron chi connectivity index (χ0n) is 34.3. The lowest BCUT2D eigenvalue weighted by Crippen LogP contribution is -2.26. The highest BCUT2D eigenvalue weighted by atomic mass is 16.1. The third kappa shape index (κ3) is 4.33. The van der Waals surface area contributed by atoms with Crippen molar-refractivity contribution >= 4 is 11.6 Å². The van der Waals surface area contributed by atoms with E-state index in [2.05, 4.69) is 172 Å². The SMILES string of the molecule is Cc1ccc2c(c1)C1(c3ccccc3-c3ccccc31)c1cc(C(=O)c3ccc(C(=O)c4ccc5c(c4)C4(c6ccccc6-c6ccccc64)c4cc(C)ccc4-5)cc3)ccc1-2. The summed E-state index contributed by atoms with van der Waals surface area (Å²) in [5.41, 5.74) is 23.1. The second-order valence-electron chi connectivity index (χ2n) is 17.5. The van der Waals surface area contributed by atoms with Crippen molar-refractivity contribution in [2.24, 2.45) is 0 Å². The summed E-state index contributed by atoms with van der Waals surface area (Å²) in [7, 11) is 0. The quantitative estimate of drug-likeness (QED) is 0.166. The molecule has 2 nitrogen and oxygen atoms in total. The maximum absolute atomic E-state index is 14.5. The Labute approximate surface area is 360 Å². The van der Waals surface area contributed by atoms with Crippen LogP contribution in [0.4, 0.5) is 0 Å². The summed E-state index contributed by atoms with van der Waals surface area (Å²) < 4.78 is 0. The van der Waals surface area contributed by atoms with Crippen LogP contribution >= 0.6 is 0 Å². The van der Waals surface area contributed by atoms with Crippen LogP contribution in [0.3, 0.4) is 0 Å². The van der Waals surface area contributed by atoms with Gasteiger partial charge in [0.2, 0.25) is 0 Å². The molecule has 0 aromatic heterocycles. The van der Waals surface area contributed by atoms with Gasteiger partial charge in [-0.3, -0.25) is 9.59 Å². The molecule has 13 rings (SSSR count). The topological polar surface area (TPSA) is 34.1 Å². The Balaban J connectivity index is 0.886. The van der Waals surface area contributed by atoms with Crippen molar-refractivity contribution in [1.82, 2.24) is 0 Å². The first kappa shape index (κ1) is 35.1. The van der Waals surface area contributed by atoms with E-state index in [1.807, 2.05) is 36.4 Å². The molecule has 62 heavy (non-hydrogen) atoms. The van der Waals surface area contributed by atoms with Gasteiger partial charge in [0.05, 0.1) is 10.8 Å². The van der Waals surface area contributed by atoms with E-state index in [9.17, 15) is 9.59 Å². The van der Waals surface area contributed by atoms with Crippen LogP contribution in [0.2, 0.25) is 0 Å². The second-order valence-corrected chi connectivity index (χ2v) is 17.5. The van der Waals surface area contributed by atoms with Gasteiger partial charge >= 0.3 is 0 Å². The largest absolute Gasteiger partial charge is 0.289 e. The second kappa shape index (κ2) is 12.4. The number of carbonyl (C=O) groups excluding carboxylic acids is 2. The number of carbonyl (C=O) groups is 2. The van der Waals surface area contributed by atoms with Crippen LogP contribution in [-0.2, 0) is 10.8 Å². The van der Waals surface area contributed by atoms with Crippen molar-refractivity contribution in [3.8, 4) is 44.5 Å². The van der Waals surface area contributed by atoms with Gasteiger partial charge in [-0.05, 0) is 115 Å². The van der Waals surface area contributed by atoms with E-state index in [1.165, 1.54) is 77.9 Å². The minimum absolute atomic E-state index is 0.0697. The van der Waals surface area contributed by atoms with Gasteiger partial charge in [-0.25, -0.2) is 0 Å². The van der Waals surface area contributed by atoms with E-state index in [4.69, 9.17) is 0 Å². The van der Waals surface area contributed by atoms with Gasteiger partial charge in [0.1, 0.15) is 0 Å². The summed E-state index contributed by atoms with van der Waals surface area (Å²) in [6.07, 6.45) is 0. The molecule has 290 valence electrons. The minimum atomic E-state index is -0.534. The average molecular weight is 791 g/mol. The molecule has 0 radical (unpaired) electrons. The van der Waals surface area contributed by atoms with Crippen LogP contribution in [0.25, 0.3) is 44.5 Å². The van der Waals surface area contributed by atoms with Crippen LogP contribution in [0.5, 0.6) is 0 Å². The van der Waals surface area contributed by atoms with Gasteiger partial charge in [0.25, 0.3) is 0 Å². The van der Waals surface area contributed by atoms with Gasteiger partial charge in [0.15, 0.2) is 11.6 Å². The highest BCUT2D eigenvalue weighted by Gasteiger charge is 2.53. The summed E-state index contributed by atoms with van der Waals surface area (Å²) in [4.78, 5) is 29.1. The summed E-state index contributed by atoms with van der Waals surface area (Å²) in [5.74, 6) is -0.139. The maximum atomic E-state index is 14.5. The van der Waals surface area contributed by atoms with Crippen molar-refractivity contribution in [3.05, 3.63) is 272 Å². The van der Waals surface area contributed by atoms with E-state index >= 15 is 0 Å². The fourth-order valence-electron chi connectivity index (χ4n) is 11.9. The van der Waals surface area contributed by atoms with Gasteiger partial charge in [-0.2, -0.15) is 0 Å². The maximum Gasteiger partial charge on any atom is 0.193 e. The molecule has 0 unspecified atom stereocenters. The van der Waals surface area contributed by atoms with Gasteiger partial charge in [-0.15, -0.1) is 0 Å². The number of ketones is 2. The summed E-state index contributed by atoms with van der Waals surface area (Å²) >= 11 is 0. The Bertz CT molecular complexity index is 3150. The standard InChI is InChI=1S/C60H38O2/c1-35-19-27-45-47-29-25-39(33-55(47)59(53(45)31-35)49-15-7-3-11-41(49)42-12-4-8-16-50(42)59)57(61)37-21-23-38(24-22-37)58(62)40-26-30-48-46-28-20-36(2)32-54(46)60(56(48)34-40)51-17-9-5-13-43(51)44-14-6-10-18-52(44)60/h3-34H,1-2H3. The average Bonchev–Trinajstić information content (AvgIpc) is 3.99. The molecule has 4 aliphatic carbocycles. The molecule has 0 N–H and O–H groups in total. The van der Waals surface area contributed by atoms with Gasteiger partial charge in [0, 0.05) is 22.3 Å². The summed E-state index contributed by atoms with van der Waals surface area (Å²) in [6.45, 7) is 4.31. The predicted octanol–water partition coefficient (Wildman–Crippen LogP) is 13.5. The molecule has 4 aliphatic rings. The van der Waals surface area contributed by atoms with Crippen LogP contribution in [0, 0.1) is 13.8 Å². The zero-order valence-corrected chi connectivity index (χ0v) is 34.3. The molecule has 9 aromatic carbocycles. The van der Waals surface area contributed by atoms with Gasteiger partial charge in [-0.1, -0.05) is 193 Å². The smallest absolute Gasteiger partial charge is 0.193 e. The van der Waals surface area contributed by atoms with Crippen LogP contribution in [-0.4, -0.2) is 11.6 Å². The van der Waals surface area contributed by atoms with Crippen molar-refractivity contribution in [3.63, 3.8) is 0 Å². The Kier molecular flexibility index (Phi) is 7.04. The zero-order chi connectivity index (χ0) is 41.5. The number of hydrogen-bond donors (Lipinski definition) is 0. The molecular formula is C60H38O2. The molecule has 0 aliphatic heterocycles. The highest BCUT2D eigenvalue weighted by Crippen LogP contribution is 2.64. The molecule has 2 spiro atoms. The number of aryl methyl sites for hydroxylation is 2. The summed E-state index contributed by atoms with van der Waals surface area (Å²) in [6, 6.07) is 68.1. The molecule has 2 heteroatoms. The van der Waals surface area contributed by atoms with Crippen LogP contribution in [0.1, 0.15) is 87.5 Å². The number of fused-ring (bicyclic) bond motifs is 20. The Hall–Kier alpha value is -7.68. The van der Waals surface area contributed by atoms with E-state index in [0.29, 0.717) is 22.3 Å². The molecule has 0 bridgehead atoms. The van der Waals surface area contributed by atoms with Crippen molar-refractivity contribution < 1.29 is 9.59 Å². The minimum Gasteiger partial charge on any atom is -0.289 e. The fraction of sp³-hybridized carbons (Fsp3) is 0.0667. The Morgan fingerprint density at radius 2 is 0.532 bits per heavy atom. The van der Waals surface area contributed by atoms with Crippen molar-refractivity contribution in [2.75, 3.05) is 0 Å². The van der Waals surface area contributed by atoms with E-state index in [-0.39, 0.29) is 11.6 Å². The van der Waals surface area contributed by atoms with E-state index in [0.717, 1.165) is 22.3 Å². The van der Waals surface area contributed by atoms with Crippen LogP contribution < -0.4 is 0 Å². The van der Waals surface area contributed by atoms with E-state index in [1.54, 1.807) is 0 Å². The lowest BCUT2D eigenvalue weighted by molar-refractivity contribution is 0.102. The third-order valence-electron chi connectivity index (χ3n) is 14.4. The Morgan fingerprint density at radius 3 is 0.871 bits per heavy atom. The third-order valence-corrected chi connectivity index (χ3v) is 14.4. The number of rotatable bonds is 4. The fourth-order valence-corrected chi connectivity index (χ4v) is 11.9. The highest BCUT2D eigenvalue weighted by molar-refractivity contribution is 6.13.